The van der Waals surface area contributed by atoms with Crippen LogP contribution in [-0.2, 0) is 11.2 Å². The third-order valence-electron chi connectivity index (χ3n) is 3.33. The number of nitro groups is 1. The Hall–Kier alpha value is -2.60. The van der Waals surface area contributed by atoms with Gasteiger partial charge in [-0.25, -0.2) is 0 Å². The smallest absolute Gasteiger partial charge is 0.401 e. The molecule has 0 saturated heterocycles. The molecule has 0 fully saturated rings. The molecule has 2 heterocycles. The largest absolute Gasteiger partial charge is 0.433 e. The van der Waals surface area contributed by atoms with E-state index in [-0.39, 0.29) is 17.6 Å². The van der Waals surface area contributed by atoms with Gasteiger partial charge in [-0.2, -0.15) is 0 Å². The van der Waals surface area contributed by atoms with E-state index in [4.69, 9.17) is 16.0 Å². The number of aryl methyl sites for hydroxylation is 1. The Morgan fingerprint density at radius 3 is 2.82 bits per heavy atom. The van der Waals surface area contributed by atoms with Crippen molar-refractivity contribution in [3.63, 3.8) is 0 Å². The molecule has 2 aromatic rings. The number of benzene rings is 1. The van der Waals surface area contributed by atoms with Crippen molar-refractivity contribution in [2.75, 3.05) is 11.2 Å². The lowest BCUT2D eigenvalue weighted by molar-refractivity contribution is -0.402. The zero-order chi connectivity index (χ0) is 15.7. The molecule has 1 N–H and O–H groups in total. The fraction of sp³-hybridized carbons (Fsp3) is 0.133. The summed E-state index contributed by atoms with van der Waals surface area (Å²) in [7, 11) is 0. The van der Waals surface area contributed by atoms with Crippen LogP contribution in [0.2, 0.25) is 0 Å². The minimum Gasteiger partial charge on any atom is -0.401 e. The Morgan fingerprint density at radius 1 is 1.32 bits per heavy atom. The van der Waals surface area contributed by atoms with Crippen molar-refractivity contribution in [2.45, 2.75) is 6.42 Å². The minimum absolute atomic E-state index is 0.257. The van der Waals surface area contributed by atoms with Crippen molar-refractivity contribution < 1.29 is 14.1 Å². The van der Waals surface area contributed by atoms with E-state index in [0.29, 0.717) is 23.6 Å². The van der Waals surface area contributed by atoms with Crippen LogP contribution in [0.5, 0.6) is 0 Å². The van der Waals surface area contributed by atoms with Gasteiger partial charge in [0.15, 0.2) is 0 Å². The number of nitrogens with one attached hydrogen (secondary N) is 1. The Morgan fingerprint density at radius 2 is 2.14 bits per heavy atom. The summed E-state index contributed by atoms with van der Waals surface area (Å²) in [6.07, 6.45) is 2.20. The molecule has 0 atom stereocenters. The summed E-state index contributed by atoms with van der Waals surface area (Å²) >= 11 is 5.74. The lowest BCUT2D eigenvalue weighted by Gasteiger charge is -2.02. The van der Waals surface area contributed by atoms with Gasteiger partial charge < -0.3 is 9.73 Å². The standard InChI is InChI=1S/C15H11ClN2O4/c16-6-5-9-1-3-13-11(7-9)12(15(19)17-13)8-10-2-4-14(22-10)18(20)21/h1-4,7-8H,5-6H2,(H,17,19). The molecule has 1 aliphatic rings. The summed E-state index contributed by atoms with van der Waals surface area (Å²) in [5.74, 6) is 0.120. The number of carbonyl (C=O) groups is 1. The molecule has 22 heavy (non-hydrogen) atoms. The van der Waals surface area contributed by atoms with Gasteiger partial charge in [0, 0.05) is 17.1 Å². The predicted octanol–water partition coefficient (Wildman–Crippen LogP) is 3.46. The maximum atomic E-state index is 12.1. The molecule has 0 spiro atoms. The lowest BCUT2D eigenvalue weighted by atomic mass is 10.0. The Bertz CT molecular complexity index is 795. The number of hydrogen-bond donors (Lipinski definition) is 1. The number of halogens is 1. The molecule has 3 rings (SSSR count). The highest BCUT2D eigenvalue weighted by Gasteiger charge is 2.25. The van der Waals surface area contributed by atoms with Crippen LogP contribution >= 0.6 is 11.6 Å². The molecular formula is C15H11ClN2O4. The van der Waals surface area contributed by atoms with Crippen molar-refractivity contribution in [1.29, 1.82) is 0 Å². The third-order valence-corrected chi connectivity index (χ3v) is 3.52. The number of fused-ring (bicyclic) bond motifs is 1. The minimum atomic E-state index is -0.622. The second-order valence-corrected chi connectivity index (χ2v) is 5.14. The predicted molar refractivity (Wildman–Crippen MR) is 82.7 cm³/mol. The molecule has 1 aromatic heterocycles. The van der Waals surface area contributed by atoms with E-state index in [1.165, 1.54) is 18.2 Å². The molecular weight excluding hydrogens is 308 g/mol. The van der Waals surface area contributed by atoms with Crippen LogP contribution < -0.4 is 5.32 Å². The van der Waals surface area contributed by atoms with Gasteiger partial charge in [-0.1, -0.05) is 6.07 Å². The number of anilines is 1. The first-order valence-corrected chi connectivity index (χ1v) is 7.08. The number of furan rings is 1. The summed E-state index contributed by atoms with van der Waals surface area (Å²) in [5.41, 5.74) is 2.87. The van der Waals surface area contributed by atoms with Crippen molar-refractivity contribution >= 4 is 40.7 Å². The third kappa shape index (κ3) is 2.60. The number of carbonyl (C=O) groups excluding carboxylic acids is 1. The van der Waals surface area contributed by atoms with Crippen LogP contribution in [0.1, 0.15) is 16.9 Å². The molecule has 0 saturated carbocycles. The van der Waals surface area contributed by atoms with Crippen LogP contribution in [0.4, 0.5) is 11.6 Å². The van der Waals surface area contributed by atoms with Crippen LogP contribution in [-0.4, -0.2) is 16.7 Å². The number of rotatable bonds is 4. The molecule has 0 radical (unpaired) electrons. The molecule has 1 aromatic carbocycles. The fourth-order valence-electron chi connectivity index (χ4n) is 2.30. The van der Waals surface area contributed by atoms with Crippen LogP contribution in [0.15, 0.2) is 34.7 Å². The molecule has 6 nitrogen and oxygen atoms in total. The molecule has 1 amide bonds. The van der Waals surface area contributed by atoms with Gasteiger partial charge in [-0.05, 0) is 36.3 Å². The first-order chi connectivity index (χ1) is 10.6. The molecule has 112 valence electrons. The number of hydrogen-bond acceptors (Lipinski definition) is 4. The van der Waals surface area contributed by atoms with Crippen molar-refractivity contribution in [1.82, 2.24) is 0 Å². The van der Waals surface area contributed by atoms with Crippen molar-refractivity contribution in [2.24, 2.45) is 0 Å². The van der Waals surface area contributed by atoms with E-state index in [2.05, 4.69) is 5.32 Å². The maximum absolute atomic E-state index is 12.1. The summed E-state index contributed by atoms with van der Waals surface area (Å²) in [6.45, 7) is 0. The topological polar surface area (TPSA) is 85.4 Å². The first-order valence-electron chi connectivity index (χ1n) is 6.55. The quantitative estimate of drug-likeness (QED) is 0.405. The molecule has 0 bridgehead atoms. The fourth-order valence-corrected chi connectivity index (χ4v) is 2.52. The molecule has 7 heteroatoms. The number of nitrogens with zero attached hydrogens (tertiary/aromatic N) is 1. The van der Waals surface area contributed by atoms with E-state index in [1.54, 1.807) is 0 Å². The Labute approximate surface area is 130 Å². The van der Waals surface area contributed by atoms with Gasteiger partial charge in [0.25, 0.3) is 5.91 Å². The molecule has 0 aliphatic carbocycles. The summed E-state index contributed by atoms with van der Waals surface area (Å²) in [4.78, 5) is 22.1. The van der Waals surface area contributed by atoms with E-state index < -0.39 is 4.92 Å². The summed E-state index contributed by atoms with van der Waals surface area (Å²) < 4.78 is 5.07. The Kier molecular flexibility index (Phi) is 3.68. The number of amides is 1. The molecule has 0 unspecified atom stereocenters. The normalized spacial score (nSPS) is 15.0. The van der Waals surface area contributed by atoms with Gasteiger partial charge >= 0.3 is 5.88 Å². The average molecular weight is 319 g/mol. The van der Waals surface area contributed by atoms with E-state index in [1.807, 2.05) is 18.2 Å². The van der Waals surface area contributed by atoms with Gasteiger partial charge in [-0.3, -0.25) is 14.9 Å². The SMILES string of the molecule is O=C1Nc2ccc(CCCl)cc2C1=Cc1ccc([N+](=O)[O-])o1. The highest BCUT2D eigenvalue weighted by Crippen LogP contribution is 2.34. The number of alkyl halides is 1. The highest BCUT2D eigenvalue weighted by molar-refractivity contribution is 6.34. The lowest BCUT2D eigenvalue weighted by Crippen LogP contribution is -2.03. The Balaban J connectivity index is 2.00. The van der Waals surface area contributed by atoms with E-state index >= 15 is 0 Å². The van der Waals surface area contributed by atoms with Crippen LogP contribution in [0.25, 0.3) is 11.6 Å². The monoisotopic (exact) mass is 318 g/mol. The van der Waals surface area contributed by atoms with Gasteiger partial charge in [0.05, 0.1) is 11.6 Å². The highest BCUT2D eigenvalue weighted by atomic mass is 35.5. The first kappa shape index (κ1) is 14.3. The summed E-state index contributed by atoms with van der Waals surface area (Å²) in [5, 5.41) is 13.4. The average Bonchev–Trinajstić information content (AvgIpc) is 3.06. The van der Waals surface area contributed by atoms with Gasteiger partial charge in [0.2, 0.25) is 0 Å². The van der Waals surface area contributed by atoms with Crippen molar-refractivity contribution in [3.8, 4) is 0 Å². The second-order valence-electron chi connectivity index (χ2n) is 4.76. The van der Waals surface area contributed by atoms with Crippen LogP contribution in [0.3, 0.4) is 0 Å². The second kappa shape index (κ2) is 5.65. The van der Waals surface area contributed by atoms with Gasteiger partial charge in [0.1, 0.15) is 10.7 Å². The molecule has 1 aliphatic heterocycles. The maximum Gasteiger partial charge on any atom is 0.433 e. The zero-order valence-corrected chi connectivity index (χ0v) is 12.1. The van der Waals surface area contributed by atoms with Crippen LogP contribution in [0, 0.1) is 10.1 Å². The van der Waals surface area contributed by atoms with E-state index in [0.717, 1.165) is 11.1 Å². The summed E-state index contributed by atoms with van der Waals surface area (Å²) in [6, 6.07) is 8.32. The van der Waals surface area contributed by atoms with E-state index in [9.17, 15) is 14.9 Å². The van der Waals surface area contributed by atoms with Crippen molar-refractivity contribution in [3.05, 3.63) is 57.3 Å². The zero-order valence-electron chi connectivity index (χ0n) is 11.3. The van der Waals surface area contributed by atoms with Gasteiger partial charge in [-0.15, -0.1) is 11.6 Å².